The van der Waals surface area contributed by atoms with Gasteiger partial charge in [0.1, 0.15) is 18.4 Å². The number of hydrogen-bond acceptors (Lipinski definition) is 3. The van der Waals surface area contributed by atoms with Gasteiger partial charge in [-0.3, -0.25) is 9.59 Å². The van der Waals surface area contributed by atoms with Gasteiger partial charge in [-0.15, -0.1) is 0 Å². The Balaban J connectivity index is 2.38. The van der Waals surface area contributed by atoms with Crippen LogP contribution in [0.5, 0.6) is 5.75 Å². The van der Waals surface area contributed by atoms with Crippen LogP contribution in [0.15, 0.2) is 18.2 Å². The zero-order chi connectivity index (χ0) is 15.7. The molecule has 5 heteroatoms. The van der Waals surface area contributed by atoms with Crippen LogP contribution < -0.4 is 4.74 Å². The molecule has 0 spiro atoms. The maximum Gasteiger partial charge on any atom is 0.323 e. The van der Waals surface area contributed by atoms with Crippen molar-refractivity contribution in [3.63, 3.8) is 0 Å². The monoisotopic (exact) mass is 291 g/mol. The van der Waals surface area contributed by atoms with Crippen LogP contribution in [0.4, 0.5) is 0 Å². The van der Waals surface area contributed by atoms with E-state index < -0.39 is 5.97 Å². The van der Waals surface area contributed by atoms with E-state index in [1.807, 2.05) is 19.1 Å². The molecule has 1 aliphatic heterocycles. The summed E-state index contributed by atoms with van der Waals surface area (Å²) in [6, 6.07) is 5.28. The fourth-order valence-electron chi connectivity index (χ4n) is 2.54. The van der Waals surface area contributed by atoms with E-state index >= 15 is 0 Å². The average molecular weight is 291 g/mol. The maximum atomic E-state index is 12.7. The zero-order valence-corrected chi connectivity index (χ0v) is 12.8. The van der Waals surface area contributed by atoms with Gasteiger partial charge in [-0.25, -0.2) is 0 Å². The Morgan fingerprint density at radius 3 is 2.57 bits per heavy atom. The highest BCUT2D eigenvalue weighted by Gasteiger charge is 2.33. The molecule has 0 radical (unpaired) electrons. The Hall–Kier alpha value is -2.04. The van der Waals surface area contributed by atoms with Crippen LogP contribution in [0, 0.1) is 0 Å². The van der Waals surface area contributed by atoms with E-state index in [9.17, 15) is 9.59 Å². The SMILES string of the molecule is CC1Oc2c(C(=O)N(CC(=O)O)C(C)C)cccc2C1C. The lowest BCUT2D eigenvalue weighted by Gasteiger charge is -2.25. The molecule has 5 nitrogen and oxygen atoms in total. The molecule has 2 rings (SSSR count). The highest BCUT2D eigenvalue weighted by atomic mass is 16.5. The van der Waals surface area contributed by atoms with Gasteiger partial charge >= 0.3 is 5.97 Å². The fraction of sp³-hybridized carbons (Fsp3) is 0.500. The number of rotatable bonds is 4. The lowest BCUT2D eigenvalue weighted by atomic mass is 9.96. The molecule has 0 saturated heterocycles. The summed E-state index contributed by atoms with van der Waals surface area (Å²) < 4.78 is 5.81. The molecule has 1 heterocycles. The first-order chi connectivity index (χ1) is 9.82. The summed E-state index contributed by atoms with van der Waals surface area (Å²) in [5.74, 6) is -0.504. The Bertz CT molecular complexity index is 567. The van der Waals surface area contributed by atoms with Crippen molar-refractivity contribution in [2.45, 2.75) is 45.8 Å². The third kappa shape index (κ3) is 2.86. The van der Waals surface area contributed by atoms with E-state index in [0.717, 1.165) is 5.56 Å². The van der Waals surface area contributed by atoms with Crippen molar-refractivity contribution in [2.75, 3.05) is 6.54 Å². The van der Waals surface area contributed by atoms with E-state index in [-0.39, 0.29) is 30.5 Å². The molecule has 1 aromatic carbocycles. The summed E-state index contributed by atoms with van der Waals surface area (Å²) in [6.45, 7) is 7.32. The van der Waals surface area contributed by atoms with E-state index in [1.54, 1.807) is 19.9 Å². The van der Waals surface area contributed by atoms with Crippen molar-refractivity contribution >= 4 is 11.9 Å². The fourth-order valence-corrected chi connectivity index (χ4v) is 2.54. The number of ether oxygens (including phenoxy) is 1. The second kappa shape index (κ2) is 5.76. The van der Waals surface area contributed by atoms with Crippen LogP contribution in [0.1, 0.15) is 49.5 Å². The molecule has 0 fully saturated rings. The number of aliphatic carboxylic acids is 1. The number of carboxylic acid groups (broad SMARTS) is 1. The topological polar surface area (TPSA) is 66.8 Å². The molecule has 1 aliphatic rings. The highest BCUT2D eigenvalue weighted by Crippen LogP contribution is 2.40. The molecule has 0 saturated carbocycles. The van der Waals surface area contributed by atoms with Crippen molar-refractivity contribution in [1.82, 2.24) is 4.90 Å². The largest absolute Gasteiger partial charge is 0.489 e. The Morgan fingerprint density at radius 2 is 2.00 bits per heavy atom. The number of hydrogen-bond donors (Lipinski definition) is 1. The summed E-state index contributed by atoms with van der Waals surface area (Å²) in [5.41, 5.74) is 1.45. The molecule has 114 valence electrons. The molecular formula is C16H21NO4. The average Bonchev–Trinajstić information content (AvgIpc) is 2.70. The van der Waals surface area contributed by atoms with E-state index in [4.69, 9.17) is 9.84 Å². The molecule has 0 aliphatic carbocycles. The second-order valence-corrected chi connectivity index (χ2v) is 5.76. The summed E-state index contributed by atoms with van der Waals surface area (Å²) in [5, 5.41) is 8.98. The van der Waals surface area contributed by atoms with Crippen LogP contribution >= 0.6 is 0 Å². The van der Waals surface area contributed by atoms with Gasteiger partial charge in [-0.1, -0.05) is 19.1 Å². The first-order valence-corrected chi connectivity index (χ1v) is 7.15. The predicted octanol–water partition coefficient (Wildman–Crippen LogP) is 2.51. The minimum absolute atomic E-state index is 0.0147. The molecule has 1 aromatic rings. The molecule has 2 atom stereocenters. The lowest BCUT2D eigenvalue weighted by molar-refractivity contribution is -0.138. The number of carbonyl (C=O) groups is 2. The first-order valence-electron chi connectivity index (χ1n) is 7.15. The van der Waals surface area contributed by atoms with Gasteiger partial charge in [-0.2, -0.15) is 0 Å². The number of carbonyl (C=O) groups excluding carboxylic acids is 1. The first kappa shape index (κ1) is 15.4. The molecule has 1 N–H and O–H groups in total. The normalized spacial score (nSPS) is 20.0. The van der Waals surface area contributed by atoms with Crippen LogP contribution in [-0.2, 0) is 4.79 Å². The van der Waals surface area contributed by atoms with E-state index in [2.05, 4.69) is 6.92 Å². The zero-order valence-electron chi connectivity index (χ0n) is 12.8. The van der Waals surface area contributed by atoms with Gasteiger partial charge in [-0.05, 0) is 26.8 Å². The predicted molar refractivity (Wildman–Crippen MR) is 78.8 cm³/mol. The van der Waals surface area contributed by atoms with Gasteiger partial charge in [0.15, 0.2) is 0 Å². The van der Waals surface area contributed by atoms with Crippen molar-refractivity contribution in [1.29, 1.82) is 0 Å². The molecular weight excluding hydrogens is 270 g/mol. The van der Waals surface area contributed by atoms with Crippen LogP contribution in [0.3, 0.4) is 0 Å². The maximum absolute atomic E-state index is 12.7. The quantitative estimate of drug-likeness (QED) is 0.925. The highest BCUT2D eigenvalue weighted by molar-refractivity contribution is 5.99. The Kier molecular flexibility index (Phi) is 4.21. The van der Waals surface area contributed by atoms with Crippen molar-refractivity contribution < 1.29 is 19.4 Å². The van der Waals surface area contributed by atoms with Crippen LogP contribution in [0.2, 0.25) is 0 Å². The van der Waals surface area contributed by atoms with Gasteiger partial charge in [0, 0.05) is 17.5 Å². The lowest BCUT2D eigenvalue weighted by Crippen LogP contribution is -2.40. The summed E-state index contributed by atoms with van der Waals surface area (Å²) in [6.07, 6.45) is 0.0147. The van der Waals surface area contributed by atoms with Crippen LogP contribution in [0.25, 0.3) is 0 Å². The Labute approximate surface area is 124 Å². The summed E-state index contributed by atoms with van der Waals surface area (Å²) in [4.78, 5) is 25.0. The number of para-hydroxylation sites is 1. The third-order valence-corrected chi connectivity index (χ3v) is 3.96. The van der Waals surface area contributed by atoms with Crippen molar-refractivity contribution in [2.24, 2.45) is 0 Å². The van der Waals surface area contributed by atoms with Crippen LogP contribution in [-0.4, -0.2) is 40.6 Å². The van der Waals surface area contributed by atoms with Gasteiger partial charge in [0.25, 0.3) is 5.91 Å². The number of carboxylic acids is 1. The molecule has 0 bridgehead atoms. The van der Waals surface area contributed by atoms with E-state index in [1.165, 1.54) is 4.90 Å². The van der Waals surface area contributed by atoms with Gasteiger partial charge < -0.3 is 14.7 Å². The second-order valence-electron chi connectivity index (χ2n) is 5.76. The molecule has 21 heavy (non-hydrogen) atoms. The molecule has 0 aromatic heterocycles. The van der Waals surface area contributed by atoms with E-state index in [0.29, 0.717) is 11.3 Å². The molecule has 2 unspecified atom stereocenters. The number of fused-ring (bicyclic) bond motifs is 1. The number of nitrogens with zero attached hydrogens (tertiary/aromatic N) is 1. The van der Waals surface area contributed by atoms with Crippen molar-refractivity contribution in [3.8, 4) is 5.75 Å². The number of benzene rings is 1. The third-order valence-electron chi connectivity index (χ3n) is 3.96. The van der Waals surface area contributed by atoms with Gasteiger partial charge in [0.2, 0.25) is 0 Å². The minimum atomic E-state index is -1.02. The van der Waals surface area contributed by atoms with Gasteiger partial charge in [0.05, 0.1) is 5.56 Å². The van der Waals surface area contributed by atoms with Crippen molar-refractivity contribution in [3.05, 3.63) is 29.3 Å². The standard InChI is InChI=1S/C16H21NO4/c1-9(2)17(8-14(18)19)16(20)13-7-5-6-12-10(3)11(4)21-15(12)13/h5-7,9-11H,8H2,1-4H3,(H,18,19). The smallest absolute Gasteiger partial charge is 0.323 e. The summed E-state index contributed by atoms with van der Waals surface area (Å²) in [7, 11) is 0. The number of amides is 1. The summed E-state index contributed by atoms with van der Waals surface area (Å²) >= 11 is 0. The molecule has 1 amide bonds. The Morgan fingerprint density at radius 1 is 1.33 bits per heavy atom. The minimum Gasteiger partial charge on any atom is -0.489 e.